The van der Waals surface area contributed by atoms with Crippen molar-refractivity contribution in [3.63, 3.8) is 0 Å². The minimum absolute atomic E-state index is 0.154. The summed E-state index contributed by atoms with van der Waals surface area (Å²) in [6, 6.07) is 12.9. The number of anilines is 1. The van der Waals surface area contributed by atoms with Crippen molar-refractivity contribution in [3.05, 3.63) is 64.7 Å². The molecule has 1 fully saturated rings. The molecule has 1 atom stereocenters. The van der Waals surface area contributed by atoms with Gasteiger partial charge in [0.2, 0.25) is 11.8 Å². The molecule has 0 radical (unpaired) electrons. The lowest BCUT2D eigenvalue weighted by Crippen LogP contribution is -2.52. The number of nitrogens with zero attached hydrogens (tertiary/aromatic N) is 1. The van der Waals surface area contributed by atoms with Crippen LogP contribution in [0.4, 0.5) is 5.69 Å². The first-order chi connectivity index (χ1) is 14.3. The standard InChI is InChI=1S/C23H26N4O3/c1-23(2,16-7-4-8-17(24)11-16)25-12-14-5-3-6-15-13-27(22(30)20(14)15)18-9-10-19(28)26-21(18)29/h3-8,11,18,25H,9-10,12-13,24H2,1-2H3,(H,26,28,29). The normalized spacial score (nSPS) is 19.1. The van der Waals surface area contributed by atoms with Gasteiger partial charge in [-0.15, -0.1) is 0 Å². The highest BCUT2D eigenvalue weighted by Gasteiger charge is 2.40. The van der Waals surface area contributed by atoms with Gasteiger partial charge in [-0.3, -0.25) is 19.7 Å². The van der Waals surface area contributed by atoms with Gasteiger partial charge in [0, 0.05) is 36.3 Å². The summed E-state index contributed by atoms with van der Waals surface area (Å²) in [6.07, 6.45) is 0.611. The average molecular weight is 406 g/mol. The van der Waals surface area contributed by atoms with E-state index in [1.165, 1.54) is 0 Å². The number of hydrogen-bond acceptors (Lipinski definition) is 5. The number of carbonyl (C=O) groups is 3. The second-order valence-corrected chi connectivity index (χ2v) is 8.46. The zero-order valence-electron chi connectivity index (χ0n) is 17.2. The maximum Gasteiger partial charge on any atom is 0.255 e. The summed E-state index contributed by atoms with van der Waals surface area (Å²) in [6.45, 7) is 5.03. The number of amides is 3. The molecule has 0 aliphatic carbocycles. The second kappa shape index (κ2) is 7.57. The molecule has 2 aromatic rings. The van der Waals surface area contributed by atoms with Crippen molar-refractivity contribution < 1.29 is 14.4 Å². The van der Waals surface area contributed by atoms with E-state index in [-0.39, 0.29) is 23.8 Å². The maximum atomic E-state index is 13.2. The third kappa shape index (κ3) is 3.68. The number of rotatable bonds is 5. The molecule has 7 nitrogen and oxygen atoms in total. The van der Waals surface area contributed by atoms with Gasteiger partial charge in [-0.1, -0.05) is 30.3 Å². The minimum atomic E-state index is -0.604. The Labute approximate surface area is 175 Å². The first-order valence-electron chi connectivity index (χ1n) is 10.1. The molecule has 2 aromatic carbocycles. The number of fused-ring (bicyclic) bond motifs is 1. The molecule has 7 heteroatoms. The van der Waals surface area contributed by atoms with Crippen LogP contribution in [0.25, 0.3) is 0 Å². The number of benzene rings is 2. The van der Waals surface area contributed by atoms with Crippen LogP contribution in [0.3, 0.4) is 0 Å². The summed E-state index contributed by atoms with van der Waals surface area (Å²) in [4.78, 5) is 38.5. The van der Waals surface area contributed by atoms with Crippen LogP contribution in [0.5, 0.6) is 0 Å². The summed E-state index contributed by atoms with van der Waals surface area (Å²) in [5.41, 5.74) is 9.80. The van der Waals surface area contributed by atoms with E-state index in [1.54, 1.807) is 4.90 Å². The Hall–Kier alpha value is -3.19. The predicted octanol–water partition coefficient (Wildman–Crippen LogP) is 2.05. The first-order valence-corrected chi connectivity index (χ1v) is 10.1. The smallest absolute Gasteiger partial charge is 0.255 e. The van der Waals surface area contributed by atoms with E-state index < -0.39 is 11.9 Å². The second-order valence-electron chi connectivity index (χ2n) is 8.46. The highest BCUT2D eigenvalue weighted by Crippen LogP contribution is 2.30. The highest BCUT2D eigenvalue weighted by molar-refractivity contribution is 6.06. The Kier molecular flexibility index (Phi) is 5.07. The summed E-state index contributed by atoms with van der Waals surface area (Å²) in [7, 11) is 0. The Morgan fingerprint density at radius 3 is 2.67 bits per heavy atom. The van der Waals surface area contributed by atoms with E-state index in [0.29, 0.717) is 30.8 Å². The molecule has 30 heavy (non-hydrogen) atoms. The fourth-order valence-corrected chi connectivity index (χ4v) is 4.18. The Bertz CT molecular complexity index is 1030. The van der Waals surface area contributed by atoms with Crippen LogP contribution >= 0.6 is 0 Å². The van der Waals surface area contributed by atoms with E-state index >= 15 is 0 Å². The number of hydrogen-bond donors (Lipinski definition) is 3. The molecular formula is C23H26N4O3. The van der Waals surface area contributed by atoms with E-state index in [2.05, 4.69) is 24.5 Å². The lowest BCUT2D eigenvalue weighted by Gasteiger charge is -2.29. The van der Waals surface area contributed by atoms with Gasteiger partial charge in [-0.2, -0.15) is 0 Å². The predicted molar refractivity (Wildman–Crippen MR) is 113 cm³/mol. The molecule has 156 valence electrons. The molecular weight excluding hydrogens is 380 g/mol. The molecule has 2 heterocycles. The summed E-state index contributed by atoms with van der Waals surface area (Å²) in [5.74, 6) is -0.831. The quantitative estimate of drug-likeness (QED) is 0.521. The number of imide groups is 1. The van der Waals surface area contributed by atoms with Gasteiger partial charge in [0.15, 0.2) is 0 Å². The topological polar surface area (TPSA) is 105 Å². The summed E-state index contributed by atoms with van der Waals surface area (Å²) in [5, 5.41) is 5.87. The molecule has 0 bridgehead atoms. The van der Waals surface area contributed by atoms with Gasteiger partial charge in [-0.05, 0) is 49.1 Å². The zero-order valence-corrected chi connectivity index (χ0v) is 17.2. The van der Waals surface area contributed by atoms with Crippen molar-refractivity contribution in [2.24, 2.45) is 0 Å². The minimum Gasteiger partial charge on any atom is -0.399 e. The zero-order chi connectivity index (χ0) is 21.5. The monoisotopic (exact) mass is 406 g/mol. The van der Waals surface area contributed by atoms with Crippen molar-refractivity contribution in [1.82, 2.24) is 15.5 Å². The fourth-order valence-electron chi connectivity index (χ4n) is 4.18. The first kappa shape index (κ1) is 20.1. The van der Waals surface area contributed by atoms with Crippen molar-refractivity contribution >= 4 is 23.4 Å². The fraction of sp³-hybridized carbons (Fsp3) is 0.348. The van der Waals surface area contributed by atoms with Gasteiger partial charge >= 0.3 is 0 Å². The molecule has 4 N–H and O–H groups in total. The van der Waals surface area contributed by atoms with Gasteiger partial charge in [0.05, 0.1) is 0 Å². The molecule has 2 aliphatic heterocycles. The van der Waals surface area contributed by atoms with Crippen LogP contribution in [-0.2, 0) is 28.2 Å². The van der Waals surface area contributed by atoms with E-state index in [0.717, 1.165) is 16.7 Å². The average Bonchev–Trinajstić information content (AvgIpc) is 3.03. The molecule has 1 unspecified atom stereocenters. The largest absolute Gasteiger partial charge is 0.399 e. The van der Waals surface area contributed by atoms with E-state index in [9.17, 15) is 14.4 Å². The third-order valence-corrected chi connectivity index (χ3v) is 5.97. The highest BCUT2D eigenvalue weighted by atomic mass is 16.2. The van der Waals surface area contributed by atoms with Crippen LogP contribution in [0.15, 0.2) is 42.5 Å². The summed E-state index contributed by atoms with van der Waals surface area (Å²) < 4.78 is 0. The number of carbonyl (C=O) groups excluding carboxylic acids is 3. The number of nitrogens with two attached hydrogens (primary N) is 1. The molecule has 3 amide bonds. The van der Waals surface area contributed by atoms with Gasteiger partial charge in [-0.25, -0.2) is 0 Å². The summed E-state index contributed by atoms with van der Waals surface area (Å²) >= 11 is 0. The Morgan fingerprint density at radius 1 is 1.17 bits per heavy atom. The van der Waals surface area contributed by atoms with E-state index in [1.807, 2.05) is 42.5 Å². The number of nitrogen functional groups attached to an aromatic ring is 1. The molecule has 4 rings (SSSR count). The SMILES string of the molecule is CC(C)(NCc1cccc2c1C(=O)N(C1CCC(=O)NC1=O)C2)c1cccc(N)c1. The molecule has 0 spiro atoms. The van der Waals surface area contributed by atoms with Crippen molar-refractivity contribution in [3.8, 4) is 0 Å². The third-order valence-electron chi connectivity index (χ3n) is 5.97. The molecule has 1 saturated heterocycles. The van der Waals surface area contributed by atoms with Gasteiger partial charge in [0.25, 0.3) is 5.91 Å². The lowest BCUT2D eigenvalue weighted by atomic mass is 9.93. The van der Waals surface area contributed by atoms with Gasteiger partial charge < -0.3 is 16.0 Å². The van der Waals surface area contributed by atoms with Crippen LogP contribution in [-0.4, -0.2) is 28.7 Å². The molecule has 0 saturated carbocycles. The number of nitrogens with one attached hydrogen (secondary N) is 2. The Morgan fingerprint density at radius 2 is 1.93 bits per heavy atom. The Balaban J connectivity index is 1.53. The van der Waals surface area contributed by atoms with Crippen molar-refractivity contribution in [2.45, 2.75) is 51.4 Å². The van der Waals surface area contributed by atoms with Gasteiger partial charge in [0.1, 0.15) is 6.04 Å². The van der Waals surface area contributed by atoms with Crippen LogP contribution < -0.4 is 16.4 Å². The number of piperidine rings is 1. The molecule has 2 aliphatic rings. The van der Waals surface area contributed by atoms with Crippen LogP contribution in [0.1, 0.15) is 53.7 Å². The van der Waals surface area contributed by atoms with Crippen LogP contribution in [0.2, 0.25) is 0 Å². The van der Waals surface area contributed by atoms with Crippen molar-refractivity contribution in [1.29, 1.82) is 0 Å². The molecule has 0 aromatic heterocycles. The van der Waals surface area contributed by atoms with Crippen LogP contribution in [0, 0.1) is 0 Å². The lowest BCUT2D eigenvalue weighted by molar-refractivity contribution is -0.136. The van der Waals surface area contributed by atoms with Crippen molar-refractivity contribution in [2.75, 3.05) is 5.73 Å². The van der Waals surface area contributed by atoms with E-state index in [4.69, 9.17) is 5.73 Å². The maximum absolute atomic E-state index is 13.2.